The molecule has 1 rings (SSSR count). The van der Waals surface area contributed by atoms with Crippen LogP contribution in [0, 0.1) is 0 Å². The highest BCUT2D eigenvalue weighted by Crippen LogP contribution is 2.16. The quantitative estimate of drug-likeness (QED) is 0.715. The largest absolute Gasteiger partial charge is 0.508 e. The van der Waals surface area contributed by atoms with Gasteiger partial charge in [-0.1, -0.05) is 18.2 Å². The molecule has 0 fully saturated rings. The third kappa shape index (κ3) is 2.39. The highest BCUT2D eigenvalue weighted by Gasteiger charge is 2.01. The summed E-state index contributed by atoms with van der Waals surface area (Å²) in [5.41, 5.74) is 0.552. The maximum atomic E-state index is 10.2. The Labute approximate surface area is 75.4 Å². The van der Waals surface area contributed by atoms with E-state index in [9.17, 15) is 9.90 Å². The normalized spacial score (nSPS) is 9.33. The van der Waals surface area contributed by atoms with Gasteiger partial charge in [0.1, 0.15) is 12.4 Å². The van der Waals surface area contributed by atoms with Gasteiger partial charge in [-0.15, -0.1) is 0 Å². The summed E-state index contributed by atoms with van der Waals surface area (Å²) < 4.78 is 4.52. The number of carbonyl (C=O) groups excluding carboxylic acids is 1. The van der Waals surface area contributed by atoms with Gasteiger partial charge in [0.15, 0.2) is 0 Å². The Bertz CT molecular complexity index is 285. The molecule has 3 nitrogen and oxygen atoms in total. The van der Waals surface area contributed by atoms with Gasteiger partial charge in [0.05, 0.1) is 0 Å². The summed E-state index contributed by atoms with van der Waals surface area (Å²) in [4.78, 5) is 10.2. The third-order valence-electron chi connectivity index (χ3n) is 1.34. The molecule has 63 valence electrons. The molecule has 0 saturated heterocycles. The van der Waals surface area contributed by atoms with Crippen molar-refractivity contribution in [3.8, 4) is 5.75 Å². The molecule has 4 heteroatoms. The summed E-state index contributed by atoms with van der Waals surface area (Å²) in [6, 6.07) is 6.61. The molecule has 0 bridgehead atoms. The highest BCUT2D eigenvalue weighted by molar-refractivity contribution is 7.96. The molecular weight excluding hydrogens is 176 g/mol. The molecule has 0 aromatic heterocycles. The zero-order valence-corrected chi connectivity index (χ0v) is 7.00. The zero-order valence-electron chi connectivity index (χ0n) is 6.19. The molecule has 0 aliphatic carbocycles. The van der Waals surface area contributed by atoms with Crippen LogP contribution in [0.2, 0.25) is 0 Å². The average molecular weight is 183 g/mol. The molecule has 0 spiro atoms. The van der Waals surface area contributed by atoms with Gasteiger partial charge in [-0.25, -0.2) is 4.79 Å². The van der Waals surface area contributed by atoms with E-state index in [2.05, 4.69) is 17.4 Å². The van der Waals surface area contributed by atoms with Gasteiger partial charge in [0.2, 0.25) is 0 Å². The number of rotatable bonds is 2. The van der Waals surface area contributed by atoms with E-state index in [0.717, 1.165) is 0 Å². The molecule has 0 atom stereocenters. The molecule has 1 N–H and O–H groups in total. The van der Waals surface area contributed by atoms with Crippen LogP contribution in [0.25, 0.3) is 0 Å². The molecule has 0 heterocycles. The van der Waals surface area contributed by atoms with Gasteiger partial charge >= 0.3 is 5.30 Å². The van der Waals surface area contributed by atoms with E-state index in [1.165, 1.54) is 6.07 Å². The van der Waals surface area contributed by atoms with Crippen molar-refractivity contribution < 1.29 is 14.6 Å². The van der Waals surface area contributed by atoms with Crippen LogP contribution < -0.4 is 0 Å². The summed E-state index contributed by atoms with van der Waals surface area (Å²) in [7, 11) is 0. The minimum atomic E-state index is -0.766. The first kappa shape index (κ1) is 8.80. The number of carbonyl (C=O) groups is 1. The van der Waals surface area contributed by atoms with Crippen LogP contribution in [0.15, 0.2) is 24.3 Å². The lowest BCUT2D eigenvalue weighted by molar-refractivity contribution is 0.168. The highest BCUT2D eigenvalue weighted by atomic mass is 32.1. The molecule has 0 aliphatic rings. The molecule has 0 saturated carbocycles. The van der Waals surface area contributed by atoms with E-state index < -0.39 is 5.30 Å². The van der Waals surface area contributed by atoms with Crippen molar-refractivity contribution in [1.29, 1.82) is 0 Å². The maximum Gasteiger partial charge on any atom is 0.400 e. The number of phenols is 1. The summed E-state index contributed by atoms with van der Waals surface area (Å²) >= 11 is 4.18. The van der Waals surface area contributed by atoms with Gasteiger partial charge in [-0.05, 0) is 6.07 Å². The smallest absolute Gasteiger partial charge is 0.400 e. The fourth-order valence-electron chi connectivity index (χ4n) is 0.770. The van der Waals surface area contributed by atoms with Crippen molar-refractivity contribution in [2.45, 2.75) is 6.61 Å². The Morgan fingerprint density at radius 1 is 1.50 bits per heavy atom. The second-order valence-corrected chi connectivity index (χ2v) is 2.50. The van der Waals surface area contributed by atoms with Crippen molar-refractivity contribution in [3.63, 3.8) is 0 Å². The Hall–Kier alpha value is -1.29. The average Bonchev–Trinajstić information content (AvgIpc) is 2.03. The van der Waals surface area contributed by atoms with Gasteiger partial charge in [0.25, 0.3) is 0 Å². The monoisotopic (exact) mass is 183 g/mol. The van der Waals surface area contributed by atoms with Crippen LogP contribution in [-0.2, 0) is 11.3 Å². The molecule has 0 amide bonds. The Kier molecular flexibility index (Phi) is 2.88. The predicted molar refractivity (Wildman–Crippen MR) is 45.9 cm³/mol. The van der Waals surface area contributed by atoms with Crippen LogP contribution in [0.4, 0.5) is 4.79 Å². The summed E-state index contributed by atoms with van der Waals surface area (Å²) in [5.74, 6) is 0.105. The molecule has 12 heavy (non-hydrogen) atoms. The minimum Gasteiger partial charge on any atom is -0.508 e. The number of hydrogen-bond acceptors (Lipinski definition) is 3. The predicted octanol–water partition coefficient (Wildman–Crippen LogP) is 2.23. The summed E-state index contributed by atoms with van der Waals surface area (Å²) in [5, 5.41) is 8.43. The van der Waals surface area contributed by atoms with Crippen LogP contribution in [0.3, 0.4) is 0 Å². The lowest BCUT2D eigenvalue weighted by Gasteiger charge is -2.02. The Morgan fingerprint density at radius 3 is 2.75 bits per heavy atom. The number of ether oxygens (including phenoxy) is 1. The number of phenolic OH excluding ortho intramolecular Hbond substituents is 1. The van der Waals surface area contributed by atoms with E-state index in [0.29, 0.717) is 5.56 Å². The number of para-hydroxylation sites is 1. The van der Waals surface area contributed by atoms with Crippen LogP contribution in [0.1, 0.15) is 5.56 Å². The Balaban J connectivity index is 2.63. The van der Waals surface area contributed by atoms with Crippen molar-refractivity contribution in [3.05, 3.63) is 29.8 Å². The van der Waals surface area contributed by atoms with Gasteiger partial charge in [-0.2, -0.15) is 0 Å². The van der Waals surface area contributed by atoms with Crippen LogP contribution in [0.5, 0.6) is 5.75 Å². The van der Waals surface area contributed by atoms with Crippen molar-refractivity contribution in [2.75, 3.05) is 0 Å². The van der Waals surface area contributed by atoms with E-state index in [1.54, 1.807) is 18.2 Å². The van der Waals surface area contributed by atoms with Crippen LogP contribution in [-0.4, -0.2) is 10.4 Å². The molecular formula is C8H7O3S. The van der Waals surface area contributed by atoms with E-state index >= 15 is 0 Å². The lowest BCUT2D eigenvalue weighted by Crippen LogP contribution is -1.94. The number of benzene rings is 1. The third-order valence-corrected chi connectivity index (χ3v) is 1.45. The lowest BCUT2D eigenvalue weighted by atomic mass is 10.2. The van der Waals surface area contributed by atoms with E-state index in [4.69, 9.17) is 0 Å². The summed E-state index contributed by atoms with van der Waals surface area (Å²) in [6.07, 6.45) is 0. The molecule has 0 aliphatic heterocycles. The minimum absolute atomic E-state index is 0.0228. The first-order valence-electron chi connectivity index (χ1n) is 3.31. The fraction of sp³-hybridized carbons (Fsp3) is 0.125. The molecule has 1 radical (unpaired) electrons. The van der Waals surface area contributed by atoms with E-state index in [1.807, 2.05) is 0 Å². The van der Waals surface area contributed by atoms with Crippen LogP contribution >= 0.6 is 12.6 Å². The molecule has 0 unspecified atom stereocenters. The molecule has 1 aromatic carbocycles. The SMILES string of the molecule is O=C([S])OCc1ccccc1O. The standard InChI is InChI=1S/C8H7O3S/c9-7-4-2-1-3-6(7)5-11-8(10)12/h1-4,9H,5H2. The van der Waals surface area contributed by atoms with E-state index in [-0.39, 0.29) is 12.4 Å². The van der Waals surface area contributed by atoms with Gasteiger partial charge in [0, 0.05) is 18.2 Å². The Morgan fingerprint density at radius 2 is 2.17 bits per heavy atom. The van der Waals surface area contributed by atoms with Gasteiger partial charge in [-0.3, -0.25) is 0 Å². The maximum absolute atomic E-state index is 10.2. The van der Waals surface area contributed by atoms with Crippen molar-refractivity contribution in [2.24, 2.45) is 0 Å². The second-order valence-electron chi connectivity index (χ2n) is 2.17. The second kappa shape index (κ2) is 3.92. The van der Waals surface area contributed by atoms with Gasteiger partial charge < -0.3 is 9.84 Å². The zero-order chi connectivity index (χ0) is 8.97. The van der Waals surface area contributed by atoms with Crippen molar-refractivity contribution in [1.82, 2.24) is 0 Å². The number of aromatic hydroxyl groups is 1. The number of hydrogen-bond donors (Lipinski definition) is 1. The first-order valence-corrected chi connectivity index (χ1v) is 3.71. The first-order chi connectivity index (χ1) is 5.70. The van der Waals surface area contributed by atoms with Crippen molar-refractivity contribution >= 4 is 17.9 Å². The fourth-order valence-corrected chi connectivity index (χ4v) is 0.828. The summed E-state index contributed by atoms with van der Waals surface area (Å²) in [6.45, 7) is 0.0228. The topological polar surface area (TPSA) is 46.5 Å². The molecule has 1 aromatic rings.